The van der Waals surface area contributed by atoms with Crippen LogP contribution < -0.4 is 24.6 Å². The summed E-state index contributed by atoms with van der Waals surface area (Å²) in [6, 6.07) is 10.4. The lowest BCUT2D eigenvalue weighted by molar-refractivity contribution is -0.138. The zero-order valence-corrected chi connectivity index (χ0v) is 31.3. The predicted octanol–water partition coefficient (Wildman–Crippen LogP) is 2.90. The Kier molecular flexibility index (Phi) is 23.3. The van der Waals surface area contributed by atoms with Gasteiger partial charge in [-0.3, -0.25) is 24.0 Å². The highest BCUT2D eigenvalue weighted by Crippen LogP contribution is 2.32. The molecule has 1 amide bonds. The van der Waals surface area contributed by atoms with Crippen LogP contribution in [0.25, 0.3) is 0 Å². The van der Waals surface area contributed by atoms with Crippen LogP contribution in [0.15, 0.2) is 42.5 Å². The van der Waals surface area contributed by atoms with Gasteiger partial charge in [0, 0.05) is 24.2 Å². The van der Waals surface area contributed by atoms with Crippen LogP contribution in [0.1, 0.15) is 25.7 Å². The van der Waals surface area contributed by atoms with Crippen molar-refractivity contribution >= 4 is 58.4 Å². The van der Waals surface area contributed by atoms with E-state index in [1.165, 1.54) is 30.3 Å². The van der Waals surface area contributed by atoms with Gasteiger partial charge in [-0.05, 0) is 37.1 Å². The first-order chi connectivity index (χ1) is 26.5. The molecule has 2 aromatic carbocycles. The van der Waals surface area contributed by atoms with Gasteiger partial charge in [-0.1, -0.05) is 25.0 Å². The Morgan fingerprint density at radius 3 is 1.56 bits per heavy atom. The molecule has 0 saturated heterocycles. The van der Waals surface area contributed by atoms with Gasteiger partial charge in [0.2, 0.25) is 5.91 Å². The molecular weight excluding hydrogens is 750 g/mol. The maximum Gasteiger partial charge on any atom is 0.323 e. The molecule has 0 saturated carbocycles. The molecule has 0 aliphatic heterocycles. The van der Waals surface area contributed by atoms with E-state index in [1.807, 2.05) is 0 Å². The van der Waals surface area contributed by atoms with Gasteiger partial charge < -0.3 is 64.0 Å². The fourth-order valence-corrected chi connectivity index (χ4v) is 5.08. The highest BCUT2D eigenvalue weighted by Gasteiger charge is 2.21. The van der Waals surface area contributed by atoms with E-state index in [1.54, 1.807) is 12.1 Å². The number of alkyl halides is 1. The number of carbonyl (C=O) groups excluding carboxylic acids is 1. The molecule has 0 fully saturated rings. The zero-order valence-electron chi connectivity index (χ0n) is 30.5. The average molecular weight is 800 g/mol. The van der Waals surface area contributed by atoms with Crippen LogP contribution in [-0.4, -0.2) is 148 Å². The standard InChI is InChI=1S/C36H50ClN3O15/c37-11-5-1-2-6-12-50-13-14-51-15-16-52-17-18-53-26-32(41)38-27-9-10-29(40(24-35(46)47)25-36(48)49)31(21-27)55-20-19-54-30-8-4-3-7-28(30)39(22-33(42)43)23-34(44)45/h3-4,7-10,21H,1-2,5-6,11-20,22-26H2,(H,38,41)(H,42,43)(H,44,45)(H,46,47)(H,48,49). The lowest BCUT2D eigenvalue weighted by atomic mass is 10.2. The Morgan fingerprint density at radius 1 is 0.545 bits per heavy atom. The Bertz CT molecular complexity index is 1450. The van der Waals surface area contributed by atoms with Gasteiger partial charge in [-0.25, -0.2) is 0 Å². The summed E-state index contributed by atoms with van der Waals surface area (Å²) in [4.78, 5) is 60.6. The van der Waals surface area contributed by atoms with E-state index >= 15 is 0 Å². The third kappa shape index (κ3) is 21.0. The van der Waals surface area contributed by atoms with Crippen molar-refractivity contribution in [2.45, 2.75) is 25.7 Å². The quantitative estimate of drug-likeness (QED) is 0.0515. The molecule has 0 radical (unpaired) electrons. The summed E-state index contributed by atoms with van der Waals surface area (Å²) in [6.45, 7) is -0.431. The molecule has 2 rings (SSSR count). The maximum absolute atomic E-state index is 12.6. The Hall–Kier alpha value is -4.88. The molecule has 0 bridgehead atoms. The Labute approximate surface area is 323 Å². The van der Waals surface area contributed by atoms with E-state index in [0.717, 1.165) is 35.5 Å². The minimum Gasteiger partial charge on any atom is -0.488 e. The van der Waals surface area contributed by atoms with E-state index in [2.05, 4.69) is 5.32 Å². The molecular formula is C36H50ClN3O15. The zero-order chi connectivity index (χ0) is 40.3. The van der Waals surface area contributed by atoms with Crippen molar-refractivity contribution in [3.63, 3.8) is 0 Å². The molecule has 0 aliphatic carbocycles. The Morgan fingerprint density at radius 2 is 1.02 bits per heavy atom. The van der Waals surface area contributed by atoms with E-state index in [0.29, 0.717) is 38.9 Å². The number of halogens is 1. The van der Waals surface area contributed by atoms with Crippen LogP contribution in [0.2, 0.25) is 0 Å². The van der Waals surface area contributed by atoms with Gasteiger partial charge in [0.15, 0.2) is 0 Å². The second-order valence-corrected chi connectivity index (χ2v) is 12.1. The molecule has 2 aromatic rings. The highest BCUT2D eigenvalue weighted by molar-refractivity contribution is 6.17. The number of nitrogens with zero attached hydrogens (tertiary/aromatic N) is 2. The number of carbonyl (C=O) groups is 5. The highest BCUT2D eigenvalue weighted by atomic mass is 35.5. The van der Waals surface area contributed by atoms with Crippen molar-refractivity contribution in [1.29, 1.82) is 0 Å². The minimum atomic E-state index is -1.30. The number of aliphatic carboxylic acids is 4. The molecule has 0 atom stereocenters. The predicted molar refractivity (Wildman–Crippen MR) is 200 cm³/mol. The van der Waals surface area contributed by atoms with Gasteiger partial charge in [-0.2, -0.15) is 0 Å². The minimum absolute atomic E-state index is 0.0248. The van der Waals surface area contributed by atoms with Crippen LogP contribution in [0.3, 0.4) is 0 Å². The van der Waals surface area contributed by atoms with Crippen LogP contribution >= 0.6 is 11.6 Å². The smallest absolute Gasteiger partial charge is 0.323 e. The van der Waals surface area contributed by atoms with Crippen LogP contribution in [0.4, 0.5) is 17.1 Å². The fraction of sp³-hybridized carbons (Fsp3) is 0.528. The largest absolute Gasteiger partial charge is 0.488 e. The number of rotatable bonds is 33. The summed E-state index contributed by atoms with van der Waals surface area (Å²) >= 11 is 5.65. The van der Waals surface area contributed by atoms with Crippen molar-refractivity contribution in [2.75, 3.05) is 113 Å². The number of amides is 1. The summed E-state index contributed by atoms with van der Waals surface area (Å²) in [7, 11) is 0. The van der Waals surface area contributed by atoms with E-state index in [4.69, 9.17) is 40.0 Å². The van der Waals surface area contributed by atoms with Crippen molar-refractivity contribution in [1.82, 2.24) is 0 Å². The number of nitrogens with one attached hydrogen (secondary N) is 1. The number of carboxylic acids is 4. The monoisotopic (exact) mass is 799 g/mol. The van der Waals surface area contributed by atoms with Gasteiger partial charge in [0.25, 0.3) is 0 Å². The molecule has 55 heavy (non-hydrogen) atoms. The molecule has 306 valence electrons. The van der Waals surface area contributed by atoms with Crippen molar-refractivity contribution in [2.24, 2.45) is 0 Å². The number of carboxylic acid groups (broad SMARTS) is 4. The SMILES string of the molecule is O=C(O)CN(CC(=O)O)c1ccccc1OCCOc1cc(NC(=O)COCCOCCOCCOCCCCCCCl)ccc1N(CC(=O)O)CC(=O)O. The first kappa shape index (κ1) is 46.3. The lowest BCUT2D eigenvalue weighted by Crippen LogP contribution is -2.35. The number of unbranched alkanes of at least 4 members (excludes halogenated alkanes) is 3. The molecule has 0 unspecified atom stereocenters. The molecule has 19 heteroatoms. The van der Waals surface area contributed by atoms with Gasteiger partial charge in [-0.15, -0.1) is 11.6 Å². The number of para-hydroxylation sites is 2. The molecule has 5 N–H and O–H groups in total. The first-order valence-electron chi connectivity index (χ1n) is 17.5. The van der Waals surface area contributed by atoms with E-state index in [9.17, 15) is 44.4 Å². The van der Waals surface area contributed by atoms with Crippen LogP contribution in [0.5, 0.6) is 11.5 Å². The molecule has 0 spiro atoms. The van der Waals surface area contributed by atoms with Gasteiger partial charge in [0.1, 0.15) is 57.5 Å². The van der Waals surface area contributed by atoms with Crippen LogP contribution in [0, 0.1) is 0 Å². The summed E-state index contributed by atoms with van der Waals surface area (Å²) < 4.78 is 33.5. The number of anilines is 3. The average Bonchev–Trinajstić information content (AvgIpc) is 3.12. The summed E-state index contributed by atoms with van der Waals surface area (Å²) in [5.41, 5.74) is 0.564. The normalized spacial score (nSPS) is 10.8. The maximum atomic E-state index is 12.6. The van der Waals surface area contributed by atoms with E-state index in [-0.39, 0.29) is 61.6 Å². The lowest BCUT2D eigenvalue weighted by Gasteiger charge is -2.25. The number of ether oxygens (including phenoxy) is 6. The fourth-order valence-electron chi connectivity index (χ4n) is 4.89. The summed E-state index contributed by atoms with van der Waals surface area (Å²) in [5, 5.41) is 40.0. The summed E-state index contributed by atoms with van der Waals surface area (Å²) in [6.07, 6.45) is 4.21. The van der Waals surface area contributed by atoms with Crippen LogP contribution in [-0.2, 0) is 42.9 Å². The third-order valence-corrected chi connectivity index (χ3v) is 7.48. The topological polar surface area (TPSA) is 240 Å². The first-order valence-corrected chi connectivity index (χ1v) is 18.1. The number of hydrogen-bond acceptors (Lipinski definition) is 13. The summed E-state index contributed by atoms with van der Waals surface area (Å²) in [5.74, 6) is -4.72. The molecule has 0 aliphatic rings. The second kappa shape index (κ2) is 27.7. The van der Waals surface area contributed by atoms with Gasteiger partial charge in [0.05, 0.1) is 51.0 Å². The molecule has 18 nitrogen and oxygen atoms in total. The van der Waals surface area contributed by atoms with Gasteiger partial charge >= 0.3 is 23.9 Å². The van der Waals surface area contributed by atoms with Crippen molar-refractivity contribution < 1.29 is 72.8 Å². The van der Waals surface area contributed by atoms with Crippen molar-refractivity contribution in [3.05, 3.63) is 42.5 Å². The number of benzene rings is 2. The Balaban J connectivity index is 1.91. The molecule has 0 aromatic heterocycles. The van der Waals surface area contributed by atoms with Crippen molar-refractivity contribution in [3.8, 4) is 11.5 Å². The van der Waals surface area contributed by atoms with E-state index < -0.39 is 56.0 Å². The second-order valence-electron chi connectivity index (χ2n) is 11.7. The third-order valence-electron chi connectivity index (χ3n) is 7.21. The number of hydrogen-bond donors (Lipinski definition) is 5. The molecule has 0 heterocycles.